The molecule has 1 atom stereocenters. The summed E-state index contributed by atoms with van der Waals surface area (Å²) in [5, 5.41) is 2.88. The highest BCUT2D eigenvalue weighted by Gasteiger charge is 2.52. The first-order valence-electron chi connectivity index (χ1n) is 7.49. The number of aryl methyl sites for hydroxylation is 1. The van der Waals surface area contributed by atoms with Crippen molar-refractivity contribution in [3.05, 3.63) is 35.4 Å². The smallest absolute Gasteiger partial charge is 0.323 e. The predicted molar refractivity (Wildman–Crippen MR) is 79.6 cm³/mol. The lowest BCUT2D eigenvalue weighted by Gasteiger charge is -2.22. The Bertz CT molecular complexity index is 579. The second kappa shape index (κ2) is 5.15. The molecule has 2 fully saturated rings. The normalized spacial score (nSPS) is 21.9. The van der Waals surface area contributed by atoms with Crippen LogP contribution in [0.25, 0.3) is 0 Å². The molecule has 1 saturated carbocycles. The minimum absolute atomic E-state index is 0.103. The van der Waals surface area contributed by atoms with E-state index in [0.717, 1.165) is 36.8 Å². The summed E-state index contributed by atoms with van der Waals surface area (Å²) >= 11 is 0. The number of nitrogens with two attached hydrogens (primary N) is 1. The topological polar surface area (TPSA) is 75.4 Å². The fourth-order valence-electron chi connectivity index (χ4n) is 3.46. The van der Waals surface area contributed by atoms with Crippen molar-refractivity contribution in [1.29, 1.82) is 0 Å². The van der Waals surface area contributed by atoms with Crippen molar-refractivity contribution in [3.63, 3.8) is 0 Å². The predicted octanol–water partition coefficient (Wildman–Crippen LogP) is 1.86. The van der Waals surface area contributed by atoms with E-state index in [1.165, 1.54) is 4.90 Å². The van der Waals surface area contributed by atoms with Crippen LogP contribution in [-0.4, -0.2) is 28.9 Å². The van der Waals surface area contributed by atoms with Gasteiger partial charge in [0, 0.05) is 12.6 Å². The average Bonchev–Trinajstić information content (AvgIpc) is 3.01. The molecule has 1 saturated heterocycles. The summed E-state index contributed by atoms with van der Waals surface area (Å²) in [4.78, 5) is 26.0. The Balaban J connectivity index is 1.77. The molecule has 2 aliphatic rings. The van der Waals surface area contributed by atoms with Gasteiger partial charge in [-0.2, -0.15) is 0 Å². The highest BCUT2D eigenvalue weighted by Crippen LogP contribution is 2.35. The van der Waals surface area contributed by atoms with Crippen molar-refractivity contribution >= 4 is 11.9 Å². The molecule has 5 heteroatoms. The van der Waals surface area contributed by atoms with Crippen LogP contribution in [0.3, 0.4) is 0 Å². The lowest BCUT2D eigenvalue weighted by molar-refractivity contribution is -0.131. The summed E-state index contributed by atoms with van der Waals surface area (Å²) in [5.74, 6) is -0.103. The van der Waals surface area contributed by atoms with Crippen molar-refractivity contribution in [2.45, 2.75) is 44.2 Å². The Labute approximate surface area is 124 Å². The number of nitrogens with zero attached hydrogens (tertiary/aromatic N) is 1. The van der Waals surface area contributed by atoms with Crippen LogP contribution >= 0.6 is 0 Å². The minimum Gasteiger partial charge on any atom is -0.323 e. The first-order chi connectivity index (χ1) is 10.0. The Morgan fingerprint density at radius 3 is 2.62 bits per heavy atom. The van der Waals surface area contributed by atoms with E-state index in [2.05, 4.69) is 5.32 Å². The highest BCUT2D eigenvalue weighted by molar-refractivity contribution is 6.07. The van der Waals surface area contributed by atoms with Gasteiger partial charge in [0.15, 0.2) is 0 Å². The van der Waals surface area contributed by atoms with Crippen molar-refractivity contribution < 1.29 is 9.59 Å². The fourth-order valence-corrected chi connectivity index (χ4v) is 3.46. The molecule has 3 N–H and O–H groups in total. The van der Waals surface area contributed by atoms with Gasteiger partial charge in [0.05, 0.1) is 0 Å². The van der Waals surface area contributed by atoms with E-state index in [1.54, 1.807) is 0 Å². The van der Waals surface area contributed by atoms with Crippen LogP contribution in [0, 0.1) is 6.92 Å². The first-order valence-corrected chi connectivity index (χ1v) is 7.49. The molecule has 5 nitrogen and oxygen atoms in total. The number of benzene rings is 1. The van der Waals surface area contributed by atoms with Crippen LogP contribution in [-0.2, 0) is 4.79 Å². The lowest BCUT2D eigenvalue weighted by atomic mass is 9.97. The molecule has 3 rings (SSSR count). The molecular weight excluding hydrogens is 266 g/mol. The molecule has 1 aliphatic carbocycles. The SMILES string of the molecule is Cc1ccccc1C(N)CN1C(=O)NC2(CCCC2)C1=O. The third-order valence-electron chi connectivity index (χ3n) is 4.67. The van der Waals surface area contributed by atoms with Gasteiger partial charge >= 0.3 is 6.03 Å². The molecule has 1 aliphatic heterocycles. The molecule has 1 heterocycles. The number of imide groups is 1. The molecule has 0 radical (unpaired) electrons. The number of rotatable bonds is 3. The Hall–Kier alpha value is -1.88. The van der Waals surface area contributed by atoms with Gasteiger partial charge in [0.1, 0.15) is 5.54 Å². The van der Waals surface area contributed by atoms with Crippen LogP contribution in [0.2, 0.25) is 0 Å². The van der Waals surface area contributed by atoms with E-state index < -0.39 is 5.54 Å². The zero-order valence-electron chi connectivity index (χ0n) is 12.3. The largest absolute Gasteiger partial charge is 0.325 e. The number of hydrogen-bond donors (Lipinski definition) is 2. The molecule has 0 bridgehead atoms. The minimum atomic E-state index is -0.650. The van der Waals surface area contributed by atoms with Crippen molar-refractivity contribution in [2.24, 2.45) is 5.73 Å². The maximum absolute atomic E-state index is 12.6. The Morgan fingerprint density at radius 1 is 1.29 bits per heavy atom. The number of carbonyl (C=O) groups is 2. The third kappa shape index (κ3) is 2.31. The van der Waals surface area contributed by atoms with Crippen LogP contribution in [0.1, 0.15) is 42.9 Å². The summed E-state index contributed by atoms with van der Waals surface area (Å²) in [7, 11) is 0. The molecule has 21 heavy (non-hydrogen) atoms. The molecule has 1 aromatic rings. The van der Waals surface area contributed by atoms with Gasteiger partial charge in [0.2, 0.25) is 0 Å². The number of nitrogens with one attached hydrogen (secondary N) is 1. The van der Waals surface area contributed by atoms with Gasteiger partial charge < -0.3 is 11.1 Å². The van der Waals surface area contributed by atoms with Gasteiger partial charge in [-0.25, -0.2) is 4.79 Å². The van der Waals surface area contributed by atoms with Crippen LogP contribution in [0.15, 0.2) is 24.3 Å². The maximum atomic E-state index is 12.6. The summed E-state index contributed by atoms with van der Waals surface area (Å²) in [6, 6.07) is 7.16. The van der Waals surface area contributed by atoms with E-state index in [9.17, 15) is 9.59 Å². The van der Waals surface area contributed by atoms with Gasteiger partial charge in [-0.1, -0.05) is 37.1 Å². The van der Waals surface area contributed by atoms with Crippen molar-refractivity contribution in [3.8, 4) is 0 Å². The second-order valence-corrected chi connectivity index (χ2v) is 6.10. The third-order valence-corrected chi connectivity index (χ3v) is 4.67. The number of carbonyl (C=O) groups excluding carboxylic acids is 2. The van der Waals surface area contributed by atoms with Crippen LogP contribution in [0.5, 0.6) is 0 Å². The average molecular weight is 287 g/mol. The van der Waals surface area contributed by atoms with Gasteiger partial charge in [0.25, 0.3) is 5.91 Å². The molecule has 112 valence electrons. The molecule has 3 amide bonds. The quantitative estimate of drug-likeness (QED) is 0.833. The van der Waals surface area contributed by atoms with E-state index in [0.29, 0.717) is 0 Å². The maximum Gasteiger partial charge on any atom is 0.325 e. The van der Waals surface area contributed by atoms with E-state index in [-0.39, 0.29) is 24.5 Å². The number of urea groups is 1. The summed E-state index contributed by atoms with van der Waals surface area (Å²) in [6.07, 6.45) is 3.47. The number of hydrogen-bond acceptors (Lipinski definition) is 3. The van der Waals surface area contributed by atoms with Gasteiger partial charge in [-0.15, -0.1) is 0 Å². The molecule has 1 aromatic carbocycles. The number of amides is 3. The lowest BCUT2D eigenvalue weighted by Crippen LogP contribution is -2.44. The van der Waals surface area contributed by atoms with Gasteiger partial charge in [-0.05, 0) is 30.9 Å². The van der Waals surface area contributed by atoms with Crippen LogP contribution < -0.4 is 11.1 Å². The zero-order chi connectivity index (χ0) is 15.0. The van der Waals surface area contributed by atoms with E-state index in [4.69, 9.17) is 5.73 Å². The fraction of sp³-hybridized carbons (Fsp3) is 0.500. The monoisotopic (exact) mass is 287 g/mol. The molecule has 0 aromatic heterocycles. The van der Waals surface area contributed by atoms with Crippen molar-refractivity contribution in [1.82, 2.24) is 10.2 Å². The van der Waals surface area contributed by atoms with E-state index >= 15 is 0 Å². The summed E-state index contributed by atoms with van der Waals surface area (Å²) < 4.78 is 0. The molecule has 1 spiro atoms. The Morgan fingerprint density at radius 2 is 1.95 bits per heavy atom. The summed E-state index contributed by atoms with van der Waals surface area (Å²) in [5.41, 5.74) is 7.62. The highest BCUT2D eigenvalue weighted by atomic mass is 16.2. The zero-order valence-corrected chi connectivity index (χ0v) is 12.3. The summed E-state index contributed by atoms with van der Waals surface area (Å²) in [6.45, 7) is 2.22. The first kappa shape index (κ1) is 14.1. The van der Waals surface area contributed by atoms with E-state index in [1.807, 2.05) is 31.2 Å². The van der Waals surface area contributed by atoms with Crippen molar-refractivity contribution in [2.75, 3.05) is 6.54 Å². The van der Waals surface area contributed by atoms with Crippen LogP contribution in [0.4, 0.5) is 4.79 Å². The standard InChI is InChI=1S/C16H21N3O2/c1-11-6-2-3-7-12(11)13(17)10-19-14(20)16(18-15(19)21)8-4-5-9-16/h2-3,6-7,13H,4-5,8-10,17H2,1H3,(H,18,21). The molecule has 1 unspecified atom stereocenters. The Kier molecular flexibility index (Phi) is 3.45. The second-order valence-electron chi connectivity index (χ2n) is 6.10. The molecular formula is C16H21N3O2. The van der Waals surface area contributed by atoms with Gasteiger partial charge in [-0.3, -0.25) is 9.69 Å².